The number of esters is 4. The third kappa shape index (κ3) is 11.0. The Bertz CT molecular complexity index is 1390. The highest BCUT2D eigenvalue weighted by Gasteiger charge is 2.34. The van der Waals surface area contributed by atoms with E-state index in [1.165, 1.54) is 0 Å². The van der Waals surface area contributed by atoms with Gasteiger partial charge in [0.05, 0.1) is 43.3 Å². The summed E-state index contributed by atoms with van der Waals surface area (Å²) in [7, 11) is 0. The Labute approximate surface area is 311 Å². The summed E-state index contributed by atoms with van der Waals surface area (Å²) in [6.07, 6.45) is 6.60. The first-order valence-corrected chi connectivity index (χ1v) is 17.9. The molecule has 0 aromatic heterocycles. The van der Waals surface area contributed by atoms with Crippen LogP contribution in [-0.2, 0) is 19.1 Å². The van der Waals surface area contributed by atoms with E-state index in [4.69, 9.17) is 88.6 Å². The molecule has 0 saturated heterocycles. The maximum atomic E-state index is 13.3. The lowest BCUT2D eigenvalue weighted by Crippen LogP contribution is -2.29. The number of benzene rings is 2. The van der Waals surface area contributed by atoms with Crippen LogP contribution in [0.15, 0.2) is 12.1 Å². The smallest absolute Gasteiger partial charge is 0.423 e. The monoisotopic (exact) mass is 786 g/mol. The number of ether oxygens (including phenoxy) is 4. The predicted molar refractivity (Wildman–Crippen MR) is 191 cm³/mol. The van der Waals surface area contributed by atoms with Crippen LogP contribution < -0.4 is 9.47 Å². The highest BCUT2D eigenvalue weighted by molar-refractivity contribution is 6.47. The fourth-order valence-electron chi connectivity index (χ4n) is 5.57. The second-order valence-corrected chi connectivity index (χ2v) is 14.7. The van der Waals surface area contributed by atoms with Gasteiger partial charge in [-0.3, -0.25) is 0 Å². The predicted octanol–water partition coefficient (Wildman–Crippen LogP) is 11.6. The van der Waals surface area contributed by atoms with Gasteiger partial charge >= 0.3 is 23.9 Å². The number of hydrogen-bond donors (Lipinski definition) is 0. The summed E-state index contributed by atoms with van der Waals surface area (Å²) in [6, 6.07) is 2.26. The molecule has 0 bridgehead atoms. The highest BCUT2D eigenvalue weighted by atomic mass is 35.5. The van der Waals surface area contributed by atoms with Crippen LogP contribution in [0, 0.1) is 10.8 Å². The minimum absolute atomic E-state index is 0.0359. The van der Waals surface area contributed by atoms with Gasteiger partial charge in [-0.25, -0.2) is 19.2 Å². The summed E-state index contributed by atoms with van der Waals surface area (Å²) >= 11 is 37.6. The van der Waals surface area contributed by atoms with Crippen LogP contribution in [0.2, 0.25) is 30.1 Å². The van der Waals surface area contributed by atoms with E-state index < -0.39 is 46.5 Å². The molecule has 0 aliphatic heterocycles. The highest BCUT2D eigenvalue weighted by Crippen LogP contribution is 2.42. The van der Waals surface area contributed by atoms with Gasteiger partial charge in [0.1, 0.15) is 11.1 Å². The largest absolute Gasteiger partial charge is 0.461 e. The van der Waals surface area contributed by atoms with Crippen LogP contribution in [0.25, 0.3) is 0 Å². The van der Waals surface area contributed by atoms with Gasteiger partial charge in [0, 0.05) is 10.8 Å². The Morgan fingerprint density at radius 3 is 1.10 bits per heavy atom. The molecular weight excluding hydrogens is 749 g/mol. The second-order valence-electron chi connectivity index (χ2n) is 12.3. The van der Waals surface area contributed by atoms with E-state index in [0.717, 1.165) is 63.5 Å². The lowest BCUT2D eigenvalue weighted by molar-refractivity contribution is -0.156. The quantitative estimate of drug-likeness (QED) is 0.0716. The zero-order valence-electron chi connectivity index (χ0n) is 27.8. The second kappa shape index (κ2) is 18.9. The first kappa shape index (κ1) is 42.2. The molecule has 266 valence electrons. The molecule has 48 heavy (non-hydrogen) atoms. The molecule has 14 heteroatoms. The first-order chi connectivity index (χ1) is 22.5. The van der Waals surface area contributed by atoms with E-state index in [1.807, 2.05) is 41.5 Å². The summed E-state index contributed by atoms with van der Waals surface area (Å²) in [5, 5.41) is -1.51. The molecule has 2 aromatic carbocycles. The Morgan fingerprint density at radius 2 is 0.833 bits per heavy atom. The van der Waals surface area contributed by atoms with Crippen molar-refractivity contribution in [1.29, 1.82) is 0 Å². The van der Waals surface area contributed by atoms with E-state index in [1.54, 1.807) is 0 Å². The molecule has 0 radical (unpaired) electrons. The van der Waals surface area contributed by atoms with Crippen LogP contribution in [0.1, 0.15) is 114 Å². The molecule has 2 aromatic rings. The van der Waals surface area contributed by atoms with E-state index in [-0.39, 0.29) is 54.2 Å². The lowest BCUT2D eigenvalue weighted by atomic mass is 9.82. The molecule has 0 unspecified atom stereocenters. The Morgan fingerprint density at radius 1 is 0.542 bits per heavy atom. The van der Waals surface area contributed by atoms with Gasteiger partial charge in [0.25, 0.3) is 0 Å². The number of halogens is 6. The average molecular weight is 789 g/mol. The van der Waals surface area contributed by atoms with Crippen molar-refractivity contribution in [1.82, 2.24) is 0 Å². The van der Waals surface area contributed by atoms with Crippen molar-refractivity contribution in [2.24, 2.45) is 10.8 Å². The first-order valence-electron chi connectivity index (χ1n) is 15.6. The summed E-state index contributed by atoms with van der Waals surface area (Å²) in [5.41, 5.74) is -1.58. The van der Waals surface area contributed by atoms with E-state index >= 15 is 0 Å². The summed E-state index contributed by atoms with van der Waals surface area (Å²) < 4.78 is 21.6. The van der Waals surface area contributed by atoms with E-state index in [9.17, 15) is 19.2 Å². The lowest BCUT2D eigenvalue weighted by Gasteiger charge is -2.28. The third-order valence-corrected chi connectivity index (χ3v) is 9.87. The van der Waals surface area contributed by atoms with Crippen LogP contribution in [0.3, 0.4) is 0 Å². The van der Waals surface area contributed by atoms with Gasteiger partial charge in [0.2, 0.25) is 0 Å². The van der Waals surface area contributed by atoms with Crippen molar-refractivity contribution in [3.05, 3.63) is 53.4 Å². The van der Waals surface area contributed by atoms with Gasteiger partial charge in [-0.15, -0.1) is 0 Å². The van der Waals surface area contributed by atoms with E-state index in [0.29, 0.717) is 0 Å². The third-order valence-electron chi connectivity index (χ3n) is 7.74. The van der Waals surface area contributed by atoms with Crippen molar-refractivity contribution in [3.8, 4) is 11.5 Å². The van der Waals surface area contributed by atoms with Crippen molar-refractivity contribution in [2.75, 3.05) is 13.2 Å². The molecule has 2 rings (SSSR count). The average Bonchev–Trinajstić information content (AvgIpc) is 3.01. The summed E-state index contributed by atoms with van der Waals surface area (Å²) in [6.45, 7) is 12.1. The van der Waals surface area contributed by atoms with Gasteiger partial charge in [-0.1, -0.05) is 137 Å². The molecule has 0 spiro atoms. The number of carbonyl (C=O) groups is 4. The minimum Gasteiger partial charge on any atom is -0.461 e. The van der Waals surface area contributed by atoms with Crippen molar-refractivity contribution in [3.63, 3.8) is 0 Å². The zero-order valence-corrected chi connectivity index (χ0v) is 32.3. The summed E-state index contributed by atoms with van der Waals surface area (Å²) in [5.74, 6) is -6.42. The molecule has 0 heterocycles. The van der Waals surface area contributed by atoms with E-state index in [2.05, 4.69) is 0 Å². The van der Waals surface area contributed by atoms with Crippen LogP contribution in [-0.4, -0.2) is 37.1 Å². The van der Waals surface area contributed by atoms with Gasteiger partial charge < -0.3 is 18.9 Å². The van der Waals surface area contributed by atoms with Crippen LogP contribution >= 0.6 is 69.6 Å². The fraction of sp³-hybridized carbons (Fsp3) is 0.529. The topological polar surface area (TPSA) is 105 Å². The minimum atomic E-state index is -1.65. The summed E-state index contributed by atoms with van der Waals surface area (Å²) in [4.78, 5) is 52.8. The SMILES string of the molecule is CCCC(C)(CCC)COC(=O)c1c(Cl)c(Cl)cc(Cl)c1OC(=O)C(=O)Oc1c(Cl)cc(Cl)c(Cl)c1C(=O)OCC(C)(CCC)CCC. The molecule has 0 fully saturated rings. The maximum absolute atomic E-state index is 13.3. The van der Waals surface area contributed by atoms with Gasteiger partial charge in [-0.05, 0) is 37.8 Å². The Kier molecular flexibility index (Phi) is 16.6. The number of rotatable bonds is 16. The van der Waals surface area contributed by atoms with Crippen LogP contribution in [0.4, 0.5) is 0 Å². The Balaban J connectivity index is 2.41. The molecular formula is C34H40Cl6O8. The van der Waals surface area contributed by atoms with Crippen LogP contribution in [0.5, 0.6) is 11.5 Å². The number of carbonyl (C=O) groups excluding carboxylic acids is 4. The molecule has 0 saturated carbocycles. The van der Waals surface area contributed by atoms with Gasteiger partial charge in [-0.2, -0.15) is 0 Å². The normalized spacial score (nSPS) is 11.7. The Hall–Kier alpha value is -1.94. The molecule has 0 aliphatic carbocycles. The van der Waals surface area contributed by atoms with Crippen molar-refractivity contribution in [2.45, 2.75) is 92.9 Å². The fourth-order valence-corrected chi connectivity index (χ4v) is 7.01. The number of hydrogen-bond acceptors (Lipinski definition) is 8. The van der Waals surface area contributed by atoms with Gasteiger partial charge in [0.15, 0.2) is 11.5 Å². The molecule has 0 N–H and O–H groups in total. The maximum Gasteiger partial charge on any atom is 0.423 e. The van der Waals surface area contributed by atoms with Crippen molar-refractivity contribution < 1.29 is 38.1 Å². The standard InChI is InChI=1S/C34H40Cl6O8/c1-7-11-33(5,12-8-2)17-45-29(41)23-25(39)19(35)15-21(37)27(23)47-31(43)32(44)48-28-22(38)16-20(36)26(40)24(28)30(42)46-18-34(6,13-9-3)14-10-4/h15-16H,7-14,17-18H2,1-6H3. The molecule has 0 amide bonds. The molecule has 0 atom stereocenters. The zero-order chi connectivity index (χ0) is 36.4. The molecule has 0 aliphatic rings. The molecule has 8 nitrogen and oxygen atoms in total. The van der Waals surface area contributed by atoms with Crippen molar-refractivity contribution >= 4 is 93.5 Å².